The fourth-order valence-electron chi connectivity index (χ4n) is 4.37. The molecule has 0 spiro atoms. The molecule has 0 aromatic heterocycles. The molecule has 1 saturated carbocycles. The van der Waals surface area contributed by atoms with E-state index in [1.807, 2.05) is 35.2 Å². The van der Waals surface area contributed by atoms with Crippen LogP contribution < -0.4 is 0 Å². The Morgan fingerprint density at radius 1 is 1.07 bits per heavy atom. The Kier molecular flexibility index (Phi) is 6.97. The van der Waals surface area contributed by atoms with Gasteiger partial charge in [-0.25, -0.2) is 4.79 Å². The first kappa shape index (κ1) is 20.7. The summed E-state index contributed by atoms with van der Waals surface area (Å²) in [5.41, 5.74) is 0.983. The van der Waals surface area contributed by atoms with E-state index in [0.29, 0.717) is 31.5 Å². The average Bonchev–Trinajstić information content (AvgIpc) is 2.72. The van der Waals surface area contributed by atoms with E-state index in [9.17, 15) is 9.59 Å². The summed E-state index contributed by atoms with van der Waals surface area (Å²) in [7, 11) is 0. The van der Waals surface area contributed by atoms with Gasteiger partial charge in [-0.05, 0) is 43.1 Å². The molecule has 0 radical (unpaired) electrons. The SMILES string of the molecule is CC(C)[C@H]1CN(C(=O)OCc2ccccc2)CCN1C(=O)[C@H]1CC[C@@H](C)CC1. The van der Waals surface area contributed by atoms with Gasteiger partial charge < -0.3 is 14.5 Å². The predicted molar refractivity (Wildman–Crippen MR) is 110 cm³/mol. The maximum atomic E-state index is 13.2. The number of nitrogens with zero attached hydrogens (tertiary/aromatic N) is 2. The van der Waals surface area contributed by atoms with Crippen LogP contribution in [0.5, 0.6) is 0 Å². The fourth-order valence-corrected chi connectivity index (χ4v) is 4.37. The van der Waals surface area contributed by atoms with E-state index in [-0.39, 0.29) is 24.7 Å². The quantitative estimate of drug-likeness (QED) is 0.774. The molecule has 5 heteroatoms. The predicted octanol–water partition coefficient (Wildman–Crippen LogP) is 4.32. The van der Waals surface area contributed by atoms with E-state index in [2.05, 4.69) is 20.8 Å². The molecule has 154 valence electrons. The summed E-state index contributed by atoms with van der Waals surface area (Å²) in [5.74, 6) is 1.49. The van der Waals surface area contributed by atoms with E-state index in [1.165, 1.54) is 0 Å². The second-order valence-electron chi connectivity index (χ2n) is 8.79. The van der Waals surface area contributed by atoms with E-state index in [0.717, 1.165) is 37.2 Å². The van der Waals surface area contributed by atoms with E-state index in [4.69, 9.17) is 4.74 Å². The number of rotatable bonds is 4. The minimum Gasteiger partial charge on any atom is -0.445 e. The van der Waals surface area contributed by atoms with Crippen LogP contribution in [0.15, 0.2) is 30.3 Å². The highest BCUT2D eigenvalue weighted by atomic mass is 16.6. The molecule has 28 heavy (non-hydrogen) atoms. The summed E-state index contributed by atoms with van der Waals surface area (Å²) in [6, 6.07) is 9.78. The van der Waals surface area contributed by atoms with Crippen LogP contribution in [0.4, 0.5) is 4.79 Å². The molecule has 3 rings (SSSR count). The number of carbonyl (C=O) groups excluding carboxylic acids is 2. The molecule has 5 nitrogen and oxygen atoms in total. The minimum atomic E-state index is -0.284. The lowest BCUT2D eigenvalue weighted by Crippen LogP contribution is -2.59. The molecule has 0 N–H and O–H groups in total. The zero-order chi connectivity index (χ0) is 20.1. The Labute approximate surface area is 169 Å². The van der Waals surface area contributed by atoms with Crippen LogP contribution in [0.1, 0.15) is 52.0 Å². The van der Waals surface area contributed by atoms with Crippen molar-refractivity contribution in [2.45, 2.75) is 59.1 Å². The number of benzene rings is 1. The first-order chi connectivity index (χ1) is 13.5. The molecule has 2 aliphatic rings. The number of carbonyl (C=O) groups is 2. The van der Waals surface area contributed by atoms with Gasteiger partial charge >= 0.3 is 6.09 Å². The van der Waals surface area contributed by atoms with Crippen LogP contribution in [0, 0.1) is 17.8 Å². The van der Waals surface area contributed by atoms with Gasteiger partial charge in [-0.3, -0.25) is 4.79 Å². The standard InChI is InChI=1S/C23H34N2O3/c1-17(2)21-15-24(23(27)28-16-19-7-5-4-6-8-19)13-14-25(21)22(26)20-11-9-18(3)10-12-20/h4-8,17-18,20-21H,9-16H2,1-3H3/t18-,20+,21-/m1/s1. The van der Waals surface area contributed by atoms with E-state index >= 15 is 0 Å². The highest BCUT2D eigenvalue weighted by Crippen LogP contribution is 2.31. The molecular formula is C23H34N2O3. The molecule has 1 aromatic carbocycles. The van der Waals surface area contributed by atoms with Crippen molar-refractivity contribution in [3.8, 4) is 0 Å². The maximum Gasteiger partial charge on any atom is 0.410 e. The second kappa shape index (κ2) is 9.44. The van der Waals surface area contributed by atoms with Crippen molar-refractivity contribution >= 4 is 12.0 Å². The average molecular weight is 387 g/mol. The molecule has 2 fully saturated rings. The Morgan fingerprint density at radius 2 is 1.75 bits per heavy atom. The summed E-state index contributed by atoms with van der Waals surface area (Å²) in [6.07, 6.45) is 4.02. The van der Waals surface area contributed by atoms with Crippen molar-refractivity contribution < 1.29 is 14.3 Å². The van der Waals surface area contributed by atoms with E-state index in [1.54, 1.807) is 4.90 Å². The van der Waals surface area contributed by atoms with Gasteiger partial charge in [0.05, 0.1) is 6.04 Å². The lowest BCUT2D eigenvalue weighted by Gasteiger charge is -2.44. The molecule has 1 heterocycles. The van der Waals surface area contributed by atoms with Crippen molar-refractivity contribution in [3.63, 3.8) is 0 Å². The highest BCUT2D eigenvalue weighted by Gasteiger charge is 2.38. The van der Waals surface area contributed by atoms with Crippen LogP contribution in [-0.2, 0) is 16.1 Å². The molecule has 1 saturated heterocycles. The summed E-state index contributed by atoms with van der Waals surface area (Å²) < 4.78 is 5.50. The summed E-state index contributed by atoms with van der Waals surface area (Å²) in [6.45, 7) is 8.53. The van der Waals surface area contributed by atoms with Crippen molar-refractivity contribution in [1.29, 1.82) is 0 Å². The van der Waals surface area contributed by atoms with Crippen molar-refractivity contribution in [2.24, 2.45) is 17.8 Å². The Morgan fingerprint density at radius 3 is 2.39 bits per heavy atom. The van der Waals surface area contributed by atoms with Gasteiger partial charge in [-0.2, -0.15) is 0 Å². The van der Waals surface area contributed by atoms with Crippen LogP contribution in [0.2, 0.25) is 0 Å². The molecule has 2 amide bonds. The zero-order valence-corrected chi connectivity index (χ0v) is 17.5. The third-order valence-electron chi connectivity index (χ3n) is 6.30. The lowest BCUT2D eigenvalue weighted by atomic mass is 9.81. The van der Waals surface area contributed by atoms with Gasteiger partial charge in [0, 0.05) is 25.6 Å². The van der Waals surface area contributed by atoms with E-state index < -0.39 is 0 Å². The minimum absolute atomic E-state index is 0.0601. The van der Waals surface area contributed by atoms with Crippen LogP contribution >= 0.6 is 0 Å². The summed E-state index contributed by atoms with van der Waals surface area (Å²) in [5, 5.41) is 0. The zero-order valence-electron chi connectivity index (χ0n) is 17.5. The molecule has 1 aromatic rings. The normalized spacial score (nSPS) is 25.6. The number of amides is 2. The number of piperazine rings is 1. The fraction of sp³-hybridized carbons (Fsp3) is 0.652. The van der Waals surface area contributed by atoms with Crippen molar-refractivity contribution in [3.05, 3.63) is 35.9 Å². The van der Waals surface area contributed by atoms with Crippen molar-refractivity contribution in [2.75, 3.05) is 19.6 Å². The lowest BCUT2D eigenvalue weighted by molar-refractivity contribution is -0.143. The maximum absolute atomic E-state index is 13.2. The number of ether oxygens (including phenoxy) is 1. The van der Waals surface area contributed by atoms with Crippen LogP contribution in [0.25, 0.3) is 0 Å². The molecule has 1 atom stereocenters. The topological polar surface area (TPSA) is 49.9 Å². The number of hydrogen-bond donors (Lipinski definition) is 0. The van der Waals surface area contributed by atoms with Crippen molar-refractivity contribution in [1.82, 2.24) is 9.80 Å². The summed E-state index contributed by atoms with van der Waals surface area (Å²) >= 11 is 0. The smallest absolute Gasteiger partial charge is 0.410 e. The first-order valence-corrected chi connectivity index (χ1v) is 10.7. The first-order valence-electron chi connectivity index (χ1n) is 10.7. The van der Waals surface area contributed by atoms with Crippen LogP contribution in [-0.4, -0.2) is 47.5 Å². The van der Waals surface area contributed by atoms with Gasteiger partial charge in [0.15, 0.2) is 0 Å². The van der Waals surface area contributed by atoms with Gasteiger partial charge in [0.1, 0.15) is 6.61 Å². The molecule has 1 aliphatic heterocycles. The third-order valence-corrected chi connectivity index (χ3v) is 6.30. The molecule has 0 unspecified atom stereocenters. The van der Waals surface area contributed by atoms with Crippen LogP contribution in [0.3, 0.4) is 0 Å². The molecule has 1 aliphatic carbocycles. The molecular weight excluding hydrogens is 352 g/mol. The van der Waals surface area contributed by atoms with Gasteiger partial charge in [-0.15, -0.1) is 0 Å². The molecule has 0 bridgehead atoms. The van der Waals surface area contributed by atoms with Gasteiger partial charge in [0.25, 0.3) is 0 Å². The second-order valence-corrected chi connectivity index (χ2v) is 8.79. The Bertz CT molecular complexity index is 653. The summed E-state index contributed by atoms with van der Waals surface area (Å²) in [4.78, 5) is 29.5. The Balaban J connectivity index is 1.57. The third kappa shape index (κ3) is 5.06. The monoisotopic (exact) mass is 386 g/mol. The van der Waals surface area contributed by atoms with Gasteiger partial charge in [0.2, 0.25) is 5.91 Å². The van der Waals surface area contributed by atoms with Gasteiger partial charge in [-0.1, -0.05) is 51.1 Å². The Hall–Kier alpha value is -2.04. The largest absolute Gasteiger partial charge is 0.445 e. The highest BCUT2D eigenvalue weighted by molar-refractivity contribution is 5.80. The number of hydrogen-bond acceptors (Lipinski definition) is 3.